The van der Waals surface area contributed by atoms with Crippen LogP contribution >= 0.6 is 0 Å². The second kappa shape index (κ2) is 5.95. The number of anilines is 2. The number of alkyl halides is 3. The lowest BCUT2D eigenvalue weighted by Gasteiger charge is -2.11. The summed E-state index contributed by atoms with van der Waals surface area (Å²) < 4.78 is 38.0. The molecule has 2 N–H and O–H groups in total. The number of urea groups is 1. The molecule has 0 spiro atoms. The van der Waals surface area contributed by atoms with Crippen LogP contribution in [0, 0.1) is 0 Å². The first-order valence-electron chi connectivity index (χ1n) is 7.29. The first-order chi connectivity index (χ1) is 10.9. The van der Waals surface area contributed by atoms with Crippen molar-refractivity contribution in [3.63, 3.8) is 0 Å². The van der Waals surface area contributed by atoms with Crippen molar-refractivity contribution in [2.75, 3.05) is 10.6 Å². The van der Waals surface area contributed by atoms with E-state index in [2.05, 4.69) is 10.6 Å². The number of nitrogens with one attached hydrogen (secondary N) is 2. The molecule has 0 aromatic heterocycles. The monoisotopic (exact) mass is 320 g/mol. The summed E-state index contributed by atoms with van der Waals surface area (Å²) in [4.78, 5) is 11.9. The van der Waals surface area contributed by atoms with Gasteiger partial charge >= 0.3 is 12.2 Å². The van der Waals surface area contributed by atoms with Gasteiger partial charge in [0.05, 0.1) is 5.56 Å². The van der Waals surface area contributed by atoms with Crippen molar-refractivity contribution in [2.45, 2.75) is 25.4 Å². The Hall–Kier alpha value is -2.50. The highest BCUT2D eigenvalue weighted by molar-refractivity contribution is 5.99. The van der Waals surface area contributed by atoms with Crippen LogP contribution in [0.3, 0.4) is 0 Å². The van der Waals surface area contributed by atoms with Gasteiger partial charge in [-0.05, 0) is 60.7 Å². The predicted molar refractivity (Wildman–Crippen MR) is 82.6 cm³/mol. The minimum atomic E-state index is -4.44. The zero-order chi connectivity index (χ0) is 16.4. The fourth-order valence-electron chi connectivity index (χ4n) is 2.72. The van der Waals surface area contributed by atoms with Crippen molar-refractivity contribution >= 4 is 17.4 Å². The van der Waals surface area contributed by atoms with Gasteiger partial charge in [-0.1, -0.05) is 12.1 Å². The third-order valence-electron chi connectivity index (χ3n) is 3.80. The SMILES string of the molecule is O=C(Nc1cccc(C(F)(F)F)c1)Nc1ccc2c(c1)CCC2. The maximum atomic E-state index is 12.7. The van der Waals surface area contributed by atoms with E-state index >= 15 is 0 Å². The number of halogens is 3. The summed E-state index contributed by atoms with van der Waals surface area (Å²) >= 11 is 0. The highest BCUT2D eigenvalue weighted by atomic mass is 19.4. The Morgan fingerprint density at radius 2 is 1.61 bits per heavy atom. The van der Waals surface area contributed by atoms with E-state index in [1.807, 2.05) is 12.1 Å². The number of amides is 2. The molecule has 0 heterocycles. The molecule has 0 saturated heterocycles. The maximum Gasteiger partial charge on any atom is 0.416 e. The first-order valence-corrected chi connectivity index (χ1v) is 7.29. The van der Waals surface area contributed by atoms with Crippen molar-refractivity contribution in [2.24, 2.45) is 0 Å². The summed E-state index contributed by atoms with van der Waals surface area (Å²) in [5.74, 6) is 0. The van der Waals surface area contributed by atoms with Crippen molar-refractivity contribution in [3.05, 3.63) is 59.2 Å². The number of hydrogen-bond acceptors (Lipinski definition) is 1. The molecule has 2 aromatic rings. The molecule has 3 rings (SSSR count). The lowest BCUT2D eigenvalue weighted by molar-refractivity contribution is -0.137. The number of aryl methyl sites for hydroxylation is 2. The molecule has 1 aliphatic carbocycles. The van der Waals surface area contributed by atoms with E-state index in [0.717, 1.165) is 31.4 Å². The lowest BCUT2D eigenvalue weighted by atomic mass is 10.1. The standard InChI is InChI=1S/C17H15F3N2O/c18-17(19,20)13-5-2-6-14(10-13)21-16(23)22-15-8-7-11-3-1-4-12(11)9-15/h2,5-10H,1,3-4H2,(H2,21,22,23). The predicted octanol–water partition coefficient (Wildman–Crippen LogP) is 4.84. The van der Waals surface area contributed by atoms with Crippen molar-refractivity contribution in [1.29, 1.82) is 0 Å². The Bertz CT molecular complexity index is 741. The Kier molecular flexibility index (Phi) is 3.98. The van der Waals surface area contributed by atoms with E-state index in [4.69, 9.17) is 0 Å². The Labute approximate surface area is 131 Å². The average molecular weight is 320 g/mol. The number of carbonyl (C=O) groups is 1. The van der Waals surface area contributed by atoms with Crippen LogP contribution in [0.2, 0.25) is 0 Å². The Balaban J connectivity index is 1.68. The number of hydrogen-bond donors (Lipinski definition) is 2. The minimum absolute atomic E-state index is 0.0958. The van der Waals surface area contributed by atoms with Crippen LogP contribution in [-0.4, -0.2) is 6.03 Å². The van der Waals surface area contributed by atoms with Gasteiger partial charge < -0.3 is 10.6 Å². The van der Waals surface area contributed by atoms with E-state index in [1.54, 1.807) is 6.07 Å². The lowest BCUT2D eigenvalue weighted by Crippen LogP contribution is -2.20. The highest BCUT2D eigenvalue weighted by Crippen LogP contribution is 2.30. The minimum Gasteiger partial charge on any atom is -0.308 e. The number of benzene rings is 2. The third kappa shape index (κ3) is 3.64. The smallest absolute Gasteiger partial charge is 0.308 e. The van der Waals surface area contributed by atoms with E-state index in [-0.39, 0.29) is 5.69 Å². The molecule has 3 nitrogen and oxygen atoms in total. The summed E-state index contributed by atoms with van der Waals surface area (Å²) in [6, 6.07) is 9.66. The molecular formula is C17H15F3N2O. The molecule has 120 valence electrons. The van der Waals surface area contributed by atoms with Crippen molar-refractivity contribution < 1.29 is 18.0 Å². The van der Waals surface area contributed by atoms with Crippen molar-refractivity contribution in [1.82, 2.24) is 0 Å². The molecule has 6 heteroatoms. The summed E-state index contributed by atoms with van der Waals surface area (Å²) in [6.07, 6.45) is -1.30. The van der Waals surface area contributed by atoms with Crippen LogP contribution in [0.25, 0.3) is 0 Å². The van der Waals surface area contributed by atoms with Gasteiger partial charge in [-0.25, -0.2) is 4.79 Å². The van der Waals surface area contributed by atoms with Crippen molar-refractivity contribution in [3.8, 4) is 0 Å². The van der Waals surface area contributed by atoms with Gasteiger partial charge in [0.15, 0.2) is 0 Å². The van der Waals surface area contributed by atoms with Gasteiger partial charge in [0.1, 0.15) is 0 Å². The molecule has 0 fully saturated rings. The zero-order valence-corrected chi connectivity index (χ0v) is 12.2. The van der Waals surface area contributed by atoms with Crippen LogP contribution in [0.15, 0.2) is 42.5 Å². The van der Waals surface area contributed by atoms with Gasteiger partial charge in [-0.2, -0.15) is 13.2 Å². The second-order valence-corrected chi connectivity index (χ2v) is 5.49. The number of rotatable bonds is 2. The average Bonchev–Trinajstić information content (AvgIpc) is 2.94. The molecule has 0 aliphatic heterocycles. The van der Waals surface area contributed by atoms with E-state index in [9.17, 15) is 18.0 Å². The number of fused-ring (bicyclic) bond motifs is 1. The van der Waals surface area contributed by atoms with Crippen LogP contribution in [-0.2, 0) is 19.0 Å². The zero-order valence-electron chi connectivity index (χ0n) is 12.2. The molecule has 1 aliphatic rings. The topological polar surface area (TPSA) is 41.1 Å². The van der Waals surface area contributed by atoms with Crippen LogP contribution < -0.4 is 10.6 Å². The second-order valence-electron chi connectivity index (χ2n) is 5.49. The Morgan fingerprint density at radius 1 is 0.913 bits per heavy atom. The van der Waals surface area contributed by atoms with E-state index in [1.165, 1.54) is 23.3 Å². The fourth-order valence-corrected chi connectivity index (χ4v) is 2.72. The van der Waals surface area contributed by atoms with Crippen LogP contribution in [0.5, 0.6) is 0 Å². The van der Waals surface area contributed by atoms with Crippen LogP contribution in [0.1, 0.15) is 23.1 Å². The molecule has 2 aromatic carbocycles. The highest BCUT2D eigenvalue weighted by Gasteiger charge is 2.30. The molecule has 0 saturated carbocycles. The third-order valence-corrected chi connectivity index (χ3v) is 3.80. The largest absolute Gasteiger partial charge is 0.416 e. The van der Waals surface area contributed by atoms with E-state index in [0.29, 0.717) is 5.69 Å². The molecule has 0 bridgehead atoms. The molecular weight excluding hydrogens is 305 g/mol. The molecule has 0 radical (unpaired) electrons. The van der Waals surface area contributed by atoms with E-state index < -0.39 is 17.8 Å². The first kappa shape index (κ1) is 15.4. The van der Waals surface area contributed by atoms with Gasteiger partial charge in [0, 0.05) is 11.4 Å². The molecule has 0 atom stereocenters. The van der Waals surface area contributed by atoms with Crippen LogP contribution in [0.4, 0.5) is 29.3 Å². The molecule has 2 amide bonds. The maximum absolute atomic E-state index is 12.7. The molecule has 23 heavy (non-hydrogen) atoms. The van der Waals surface area contributed by atoms with Gasteiger partial charge in [-0.3, -0.25) is 0 Å². The molecule has 0 unspecified atom stereocenters. The van der Waals surface area contributed by atoms with Gasteiger partial charge in [0.25, 0.3) is 0 Å². The Morgan fingerprint density at radius 3 is 2.35 bits per heavy atom. The summed E-state index contributed by atoms with van der Waals surface area (Å²) in [6.45, 7) is 0. The summed E-state index contributed by atoms with van der Waals surface area (Å²) in [5, 5.41) is 5.07. The van der Waals surface area contributed by atoms with Gasteiger partial charge in [-0.15, -0.1) is 0 Å². The summed E-state index contributed by atoms with van der Waals surface area (Å²) in [5.41, 5.74) is 2.43. The quantitative estimate of drug-likeness (QED) is 0.817. The summed E-state index contributed by atoms with van der Waals surface area (Å²) in [7, 11) is 0. The normalized spacial score (nSPS) is 13.5. The number of carbonyl (C=O) groups excluding carboxylic acids is 1. The van der Waals surface area contributed by atoms with Gasteiger partial charge in [0.2, 0.25) is 0 Å². The fraction of sp³-hybridized carbons (Fsp3) is 0.235.